The first kappa shape index (κ1) is 9.96. The van der Waals surface area contributed by atoms with Crippen LogP contribution in [0.2, 0.25) is 0 Å². The zero-order chi connectivity index (χ0) is 9.41. The topological polar surface area (TPSA) is 44.5 Å². The molecule has 0 radical (unpaired) electrons. The van der Waals surface area contributed by atoms with Crippen LogP contribution in [-0.2, 0) is 9.47 Å². The highest BCUT2D eigenvalue weighted by Gasteiger charge is 2.40. The van der Waals surface area contributed by atoms with Gasteiger partial charge in [-0.25, -0.2) is 0 Å². The van der Waals surface area contributed by atoms with Crippen molar-refractivity contribution in [1.82, 2.24) is 0 Å². The minimum Gasteiger partial charge on any atom is -0.348 e. The summed E-state index contributed by atoms with van der Waals surface area (Å²) in [4.78, 5) is 0. The molecule has 1 atom stereocenters. The van der Waals surface area contributed by atoms with E-state index in [2.05, 4.69) is 13.8 Å². The summed E-state index contributed by atoms with van der Waals surface area (Å²) < 4.78 is 11.2. The molecule has 1 unspecified atom stereocenters. The molecule has 3 heteroatoms. The van der Waals surface area contributed by atoms with Crippen molar-refractivity contribution in [2.45, 2.75) is 39.6 Å². The van der Waals surface area contributed by atoms with E-state index in [1.54, 1.807) is 0 Å². The number of rotatable bonds is 2. The third kappa shape index (κ3) is 1.97. The molecule has 72 valence electrons. The van der Waals surface area contributed by atoms with Crippen molar-refractivity contribution in [3.8, 4) is 0 Å². The van der Waals surface area contributed by atoms with Gasteiger partial charge in [0.25, 0.3) is 0 Å². The van der Waals surface area contributed by atoms with E-state index in [1.807, 2.05) is 13.8 Å². The molecular formula is C9H19NO2. The van der Waals surface area contributed by atoms with Crippen molar-refractivity contribution >= 4 is 0 Å². The van der Waals surface area contributed by atoms with Crippen LogP contribution in [0.1, 0.15) is 27.7 Å². The maximum Gasteiger partial charge on any atom is 0.163 e. The van der Waals surface area contributed by atoms with Crippen LogP contribution in [0.3, 0.4) is 0 Å². The second-order valence-corrected chi connectivity index (χ2v) is 4.51. The van der Waals surface area contributed by atoms with Crippen LogP contribution in [0.4, 0.5) is 0 Å². The lowest BCUT2D eigenvalue weighted by atomic mass is 9.87. The molecule has 0 amide bonds. The van der Waals surface area contributed by atoms with Crippen molar-refractivity contribution in [2.75, 3.05) is 13.2 Å². The van der Waals surface area contributed by atoms with E-state index < -0.39 is 5.79 Å². The van der Waals surface area contributed by atoms with E-state index in [0.29, 0.717) is 13.2 Å². The van der Waals surface area contributed by atoms with Gasteiger partial charge in [0, 0.05) is 5.41 Å². The zero-order valence-corrected chi connectivity index (χ0v) is 8.39. The van der Waals surface area contributed by atoms with Crippen LogP contribution >= 0.6 is 0 Å². The minimum absolute atomic E-state index is 0.00771. The molecule has 0 spiro atoms. The van der Waals surface area contributed by atoms with Gasteiger partial charge in [-0.15, -0.1) is 0 Å². The van der Waals surface area contributed by atoms with Crippen molar-refractivity contribution in [3.63, 3.8) is 0 Å². The first-order chi connectivity index (χ1) is 5.37. The van der Waals surface area contributed by atoms with E-state index in [1.165, 1.54) is 0 Å². The van der Waals surface area contributed by atoms with Crippen LogP contribution in [0.15, 0.2) is 0 Å². The van der Waals surface area contributed by atoms with Crippen LogP contribution in [-0.4, -0.2) is 25.0 Å². The van der Waals surface area contributed by atoms with Crippen LogP contribution in [0, 0.1) is 5.41 Å². The molecule has 3 nitrogen and oxygen atoms in total. The fraction of sp³-hybridized carbons (Fsp3) is 1.00. The lowest BCUT2D eigenvalue weighted by Crippen LogP contribution is -2.39. The van der Waals surface area contributed by atoms with Gasteiger partial charge in [-0.3, -0.25) is 0 Å². The van der Waals surface area contributed by atoms with E-state index in [0.717, 1.165) is 0 Å². The fourth-order valence-corrected chi connectivity index (χ4v) is 1.20. The standard InChI is InChI=1S/C9H19NO2/c1-8(2,6-10)7-5-11-9(3,4)12-7/h7H,5-6,10H2,1-4H3. The SMILES string of the molecule is CC1(C)OCC(C(C)(C)CN)O1. The number of ether oxygens (including phenoxy) is 2. The molecule has 0 aromatic heterocycles. The lowest BCUT2D eigenvalue weighted by Gasteiger charge is -2.29. The molecular weight excluding hydrogens is 154 g/mol. The molecule has 0 saturated carbocycles. The second-order valence-electron chi connectivity index (χ2n) is 4.51. The summed E-state index contributed by atoms with van der Waals surface area (Å²) in [6.45, 7) is 9.33. The quantitative estimate of drug-likeness (QED) is 0.680. The van der Waals surface area contributed by atoms with E-state index >= 15 is 0 Å². The normalized spacial score (nSPS) is 29.2. The lowest BCUT2D eigenvalue weighted by molar-refractivity contribution is -0.150. The Hall–Kier alpha value is -0.120. The maximum absolute atomic E-state index is 5.70. The van der Waals surface area contributed by atoms with Gasteiger partial charge < -0.3 is 15.2 Å². The maximum atomic E-state index is 5.70. The van der Waals surface area contributed by atoms with Crippen LogP contribution < -0.4 is 5.73 Å². The van der Waals surface area contributed by atoms with Gasteiger partial charge in [0.15, 0.2) is 5.79 Å². The Labute approximate surface area is 74.2 Å². The summed E-state index contributed by atoms with van der Waals surface area (Å²) in [7, 11) is 0. The average Bonchev–Trinajstić information content (AvgIpc) is 2.31. The van der Waals surface area contributed by atoms with Crippen LogP contribution in [0.5, 0.6) is 0 Å². The highest BCUT2D eigenvalue weighted by molar-refractivity contribution is 4.85. The predicted octanol–water partition coefficient (Wildman–Crippen LogP) is 1.12. The molecule has 0 aromatic rings. The summed E-state index contributed by atoms with van der Waals surface area (Å²) in [6.07, 6.45) is 0.123. The van der Waals surface area contributed by atoms with Gasteiger partial charge in [-0.1, -0.05) is 13.8 Å². The van der Waals surface area contributed by atoms with Crippen molar-refractivity contribution in [1.29, 1.82) is 0 Å². The Kier molecular flexibility index (Phi) is 2.47. The summed E-state index contributed by atoms with van der Waals surface area (Å²) in [6, 6.07) is 0. The molecule has 0 bridgehead atoms. The third-order valence-electron chi connectivity index (χ3n) is 2.41. The van der Waals surface area contributed by atoms with Gasteiger partial charge in [0.2, 0.25) is 0 Å². The van der Waals surface area contributed by atoms with Gasteiger partial charge in [-0.05, 0) is 20.4 Å². The molecule has 2 N–H and O–H groups in total. The molecule has 1 aliphatic heterocycles. The van der Waals surface area contributed by atoms with E-state index in [-0.39, 0.29) is 11.5 Å². The number of nitrogens with two attached hydrogens (primary N) is 1. The summed E-state index contributed by atoms with van der Waals surface area (Å²) in [5, 5.41) is 0. The van der Waals surface area contributed by atoms with Crippen LogP contribution in [0.25, 0.3) is 0 Å². The fourth-order valence-electron chi connectivity index (χ4n) is 1.20. The Morgan fingerprint density at radius 1 is 1.50 bits per heavy atom. The first-order valence-corrected chi connectivity index (χ1v) is 4.39. The monoisotopic (exact) mass is 173 g/mol. The largest absolute Gasteiger partial charge is 0.348 e. The smallest absolute Gasteiger partial charge is 0.163 e. The average molecular weight is 173 g/mol. The summed E-state index contributed by atoms with van der Waals surface area (Å²) in [5.74, 6) is -0.433. The molecule has 1 fully saturated rings. The molecule has 1 rings (SSSR count). The number of hydrogen-bond donors (Lipinski definition) is 1. The first-order valence-electron chi connectivity index (χ1n) is 4.39. The second kappa shape index (κ2) is 2.98. The Morgan fingerprint density at radius 3 is 2.42 bits per heavy atom. The molecule has 1 aliphatic rings. The zero-order valence-electron chi connectivity index (χ0n) is 8.39. The molecule has 12 heavy (non-hydrogen) atoms. The van der Waals surface area contributed by atoms with Gasteiger partial charge in [0.1, 0.15) is 0 Å². The predicted molar refractivity (Wildman–Crippen MR) is 47.7 cm³/mol. The Bertz CT molecular complexity index is 166. The molecule has 1 saturated heterocycles. The van der Waals surface area contributed by atoms with Crippen molar-refractivity contribution in [2.24, 2.45) is 11.1 Å². The van der Waals surface area contributed by atoms with Gasteiger partial charge in [0.05, 0.1) is 12.7 Å². The van der Waals surface area contributed by atoms with Crippen molar-refractivity contribution in [3.05, 3.63) is 0 Å². The van der Waals surface area contributed by atoms with Gasteiger partial charge in [-0.2, -0.15) is 0 Å². The molecule has 0 aliphatic carbocycles. The molecule has 1 heterocycles. The van der Waals surface area contributed by atoms with E-state index in [9.17, 15) is 0 Å². The van der Waals surface area contributed by atoms with E-state index in [4.69, 9.17) is 15.2 Å². The summed E-state index contributed by atoms with van der Waals surface area (Å²) >= 11 is 0. The van der Waals surface area contributed by atoms with Gasteiger partial charge >= 0.3 is 0 Å². The Balaban J connectivity index is 2.58. The minimum atomic E-state index is -0.433. The molecule has 0 aromatic carbocycles. The number of hydrogen-bond acceptors (Lipinski definition) is 3. The highest BCUT2D eigenvalue weighted by atomic mass is 16.7. The Morgan fingerprint density at radius 2 is 2.08 bits per heavy atom. The third-order valence-corrected chi connectivity index (χ3v) is 2.41. The van der Waals surface area contributed by atoms with Crippen molar-refractivity contribution < 1.29 is 9.47 Å². The summed E-state index contributed by atoms with van der Waals surface area (Å²) in [5.41, 5.74) is 5.65. The highest BCUT2D eigenvalue weighted by Crippen LogP contribution is 2.32.